The molecule has 2 heterocycles. The first-order valence-corrected chi connectivity index (χ1v) is 8.55. The Morgan fingerprint density at radius 1 is 1.43 bits per heavy atom. The molecule has 0 saturated carbocycles. The van der Waals surface area contributed by atoms with Gasteiger partial charge in [0.1, 0.15) is 11.4 Å². The summed E-state index contributed by atoms with van der Waals surface area (Å²) < 4.78 is 43.1. The summed E-state index contributed by atoms with van der Waals surface area (Å²) in [6, 6.07) is 0. The second kappa shape index (κ2) is 8.09. The van der Waals surface area contributed by atoms with Gasteiger partial charge in [0.05, 0.1) is 6.20 Å². The number of nitrogens with one attached hydrogen (secondary N) is 3. The van der Waals surface area contributed by atoms with E-state index in [9.17, 15) is 18.0 Å². The van der Waals surface area contributed by atoms with Gasteiger partial charge < -0.3 is 20.3 Å². The summed E-state index contributed by atoms with van der Waals surface area (Å²) in [6.45, 7) is 5.84. The van der Waals surface area contributed by atoms with E-state index < -0.39 is 24.3 Å². The minimum Gasteiger partial charge on any atom is -0.444 e. The Morgan fingerprint density at radius 3 is 2.68 bits per heavy atom. The smallest absolute Gasteiger partial charge is 0.444 e. The Hall–Kier alpha value is -2.76. The van der Waals surface area contributed by atoms with E-state index in [1.807, 2.05) is 0 Å². The van der Waals surface area contributed by atoms with Crippen molar-refractivity contribution in [2.45, 2.75) is 45.4 Å². The van der Waals surface area contributed by atoms with Crippen LogP contribution in [0.15, 0.2) is 18.6 Å². The van der Waals surface area contributed by atoms with Crippen molar-refractivity contribution >= 4 is 17.5 Å². The molecule has 0 aliphatic carbocycles. The molecule has 1 aromatic heterocycles. The summed E-state index contributed by atoms with van der Waals surface area (Å²) in [7, 11) is 0. The van der Waals surface area contributed by atoms with E-state index in [1.54, 1.807) is 20.8 Å². The second-order valence-electron chi connectivity index (χ2n) is 7.14. The zero-order valence-corrected chi connectivity index (χ0v) is 15.8. The largest absolute Gasteiger partial charge is 0.504 e. The lowest BCUT2D eigenvalue weighted by atomic mass is 10.1. The fourth-order valence-corrected chi connectivity index (χ4v) is 2.45. The predicted molar refractivity (Wildman–Crippen MR) is 95.9 cm³/mol. The number of carbonyl (C=O) groups excluding carboxylic acids is 1. The maximum atomic E-state index is 12.7. The highest BCUT2D eigenvalue weighted by atomic mass is 19.4. The SMILES string of the molecule is CC(C)(C)OC(=O)NCCCN1C(=N)C(c2cnn(C(F)(F)F)c2)=CNC1N. The molecular formula is C16H24F3N7O2. The van der Waals surface area contributed by atoms with Crippen LogP contribution in [-0.4, -0.2) is 51.6 Å². The average molecular weight is 403 g/mol. The number of amides is 1. The Labute approximate surface area is 160 Å². The van der Waals surface area contributed by atoms with Crippen molar-refractivity contribution < 1.29 is 22.7 Å². The van der Waals surface area contributed by atoms with E-state index in [4.69, 9.17) is 15.9 Å². The molecule has 1 unspecified atom stereocenters. The fraction of sp³-hybridized carbons (Fsp3) is 0.562. The number of hydrogen-bond acceptors (Lipinski definition) is 6. The number of rotatable bonds is 5. The number of amidine groups is 1. The highest BCUT2D eigenvalue weighted by Crippen LogP contribution is 2.25. The third-order valence-corrected chi connectivity index (χ3v) is 3.67. The molecule has 1 aliphatic heterocycles. The Bertz CT molecular complexity index is 752. The van der Waals surface area contributed by atoms with E-state index in [0.29, 0.717) is 13.0 Å². The zero-order valence-electron chi connectivity index (χ0n) is 15.8. The van der Waals surface area contributed by atoms with Crippen molar-refractivity contribution in [1.82, 2.24) is 25.3 Å². The molecule has 0 spiro atoms. The van der Waals surface area contributed by atoms with Gasteiger partial charge in [-0.15, -0.1) is 13.2 Å². The van der Waals surface area contributed by atoms with Crippen molar-refractivity contribution in [1.29, 1.82) is 5.41 Å². The highest BCUT2D eigenvalue weighted by Gasteiger charge is 2.33. The summed E-state index contributed by atoms with van der Waals surface area (Å²) in [5, 5.41) is 17.0. The minimum atomic E-state index is -4.63. The number of carbonyl (C=O) groups is 1. The molecule has 9 nitrogen and oxygen atoms in total. The van der Waals surface area contributed by atoms with Crippen LogP contribution in [0.2, 0.25) is 0 Å². The quantitative estimate of drug-likeness (QED) is 0.556. The third-order valence-electron chi connectivity index (χ3n) is 3.67. The Morgan fingerprint density at radius 2 is 2.11 bits per heavy atom. The van der Waals surface area contributed by atoms with Crippen LogP contribution < -0.4 is 16.4 Å². The lowest BCUT2D eigenvalue weighted by Crippen LogP contribution is -2.56. The molecule has 0 aromatic carbocycles. The van der Waals surface area contributed by atoms with Gasteiger partial charge in [-0.1, -0.05) is 0 Å². The summed E-state index contributed by atoms with van der Waals surface area (Å²) >= 11 is 0. The number of hydrogen-bond donors (Lipinski definition) is 4. The van der Waals surface area contributed by atoms with Crippen LogP contribution in [0.3, 0.4) is 0 Å². The minimum absolute atomic E-state index is 0.0368. The number of alkyl carbamates (subject to hydrolysis) is 1. The van der Waals surface area contributed by atoms with Gasteiger partial charge in [-0.25, -0.2) is 4.79 Å². The molecule has 5 N–H and O–H groups in total. The van der Waals surface area contributed by atoms with Crippen molar-refractivity contribution in [2.24, 2.45) is 5.73 Å². The predicted octanol–water partition coefficient (Wildman–Crippen LogP) is 1.74. The molecule has 28 heavy (non-hydrogen) atoms. The van der Waals surface area contributed by atoms with E-state index in [0.717, 1.165) is 12.4 Å². The molecule has 0 bridgehead atoms. The van der Waals surface area contributed by atoms with E-state index in [2.05, 4.69) is 15.7 Å². The van der Waals surface area contributed by atoms with Crippen LogP contribution in [-0.2, 0) is 11.0 Å². The van der Waals surface area contributed by atoms with Gasteiger partial charge in [-0.05, 0) is 27.2 Å². The van der Waals surface area contributed by atoms with E-state index in [-0.39, 0.29) is 28.2 Å². The van der Waals surface area contributed by atoms with E-state index in [1.165, 1.54) is 11.1 Å². The van der Waals surface area contributed by atoms with Crippen LogP contribution >= 0.6 is 0 Å². The summed E-state index contributed by atoms with van der Waals surface area (Å²) in [6.07, 6.45) is -2.21. The monoisotopic (exact) mass is 403 g/mol. The van der Waals surface area contributed by atoms with Gasteiger partial charge in [0, 0.05) is 36.6 Å². The first-order chi connectivity index (χ1) is 12.9. The summed E-state index contributed by atoms with van der Waals surface area (Å²) in [5.41, 5.74) is 5.69. The van der Waals surface area contributed by atoms with Crippen molar-refractivity contribution in [3.63, 3.8) is 0 Å². The Kier molecular flexibility index (Phi) is 6.22. The van der Waals surface area contributed by atoms with Crippen LogP contribution in [0, 0.1) is 5.41 Å². The first-order valence-electron chi connectivity index (χ1n) is 8.55. The molecule has 1 aromatic rings. The van der Waals surface area contributed by atoms with Gasteiger partial charge in [0.2, 0.25) is 0 Å². The highest BCUT2D eigenvalue weighted by molar-refractivity contribution is 6.21. The topological polar surface area (TPSA) is 121 Å². The number of alkyl halides is 3. The Balaban J connectivity index is 1.94. The molecule has 0 fully saturated rings. The van der Waals surface area contributed by atoms with Crippen molar-refractivity contribution in [2.75, 3.05) is 13.1 Å². The number of ether oxygens (including phenoxy) is 1. The molecule has 2 rings (SSSR count). The average Bonchev–Trinajstić information content (AvgIpc) is 3.02. The van der Waals surface area contributed by atoms with Crippen LogP contribution in [0.25, 0.3) is 5.57 Å². The lowest BCUT2D eigenvalue weighted by Gasteiger charge is -2.35. The third kappa shape index (κ3) is 5.62. The summed E-state index contributed by atoms with van der Waals surface area (Å²) in [4.78, 5) is 13.1. The molecule has 156 valence electrons. The standard InChI is InChI=1S/C16H24F3N7O2/c1-15(2,3)28-14(27)22-5-4-6-25-12(20)11(8-23-13(25)21)10-7-24-26(9-10)16(17,18)19/h7-9,13,20,23H,4-6,21H2,1-3H3,(H,22,27). The molecule has 12 heteroatoms. The van der Waals surface area contributed by atoms with Crippen molar-refractivity contribution in [3.05, 3.63) is 24.2 Å². The lowest BCUT2D eigenvalue weighted by molar-refractivity contribution is -0.212. The molecule has 1 aliphatic rings. The van der Waals surface area contributed by atoms with Crippen LogP contribution in [0.4, 0.5) is 18.0 Å². The molecular weight excluding hydrogens is 379 g/mol. The van der Waals surface area contributed by atoms with Gasteiger partial charge in [0.25, 0.3) is 0 Å². The van der Waals surface area contributed by atoms with Gasteiger partial charge in [-0.3, -0.25) is 11.1 Å². The van der Waals surface area contributed by atoms with Gasteiger partial charge in [0.15, 0.2) is 6.29 Å². The molecule has 0 radical (unpaired) electrons. The molecule has 1 atom stereocenters. The first kappa shape index (κ1) is 21.5. The van der Waals surface area contributed by atoms with Crippen LogP contribution in [0.5, 0.6) is 0 Å². The number of aromatic nitrogens is 2. The number of nitrogens with zero attached hydrogens (tertiary/aromatic N) is 3. The normalized spacial score (nSPS) is 17.8. The number of nitrogens with two attached hydrogens (primary N) is 1. The fourth-order valence-electron chi connectivity index (χ4n) is 2.45. The number of halogens is 3. The van der Waals surface area contributed by atoms with E-state index >= 15 is 0 Å². The second-order valence-corrected chi connectivity index (χ2v) is 7.14. The van der Waals surface area contributed by atoms with Crippen LogP contribution in [0.1, 0.15) is 32.8 Å². The molecule has 1 amide bonds. The maximum Gasteiger partial charge on any atom is 0.504 e. The zero-order chi connectivity index (χ0) is 21.1. The maximum absolute atomic E-state index is 12.7. The summed E-state index contributed by atoms with van der Waals surface area (Å²) in [5.74, 6) is -0.0368. The molecule has 0 saturated heterocycles. The van der Waals surface area contributed by atoms with Gasteiger partial charge in [-0.2, -0.15) is 9.78 Å². The van der Waals surface area contributed by atoms with Gasteiger partial charge >= 0.3 is 12.4 Å². The van der Waals surface area contributed by atoms with Crippen molar-refractivity contribution in [3.8, 4) is 0 Å².